The summed E-state index contributed by atoms with van der Waals surface area (Å²) < 4.78 is 18.2. The molecule has 1 saturated carbocycles. The Labute approximate surface area is 219 Å². The van der Waals surface area contributed by atoms with Gasteiger partial charge in [0, 0.05) is 12.8 Å². The van der Waals surface area contributed by atoms with E-state index in [1.807, 2.05) is 18.2 Å². The molecule has 1 spiro atoms. The van der Waals surface area contributed by atoms with Gasteiger partial charge in [0.1, 0.15) is 18.3 Å². The summed E-state index contributed by atoms with van der Waals surface area (Å²) in [7, 11) is 0. The molecule has 1 N–H and O–H groups in total. The first-order valence-electron chi connectivity index (χ1n) is 14.9. The van der Waals surface area contributed by atoms with Crippen LogP contribution < -0.4 is 0 Å². The van der Waals surface area contributed by atoms with Crippen molar-refractivity contribution in [2.45, 2.75) is 147 Å². The predicted octanol–water partition coefficient (Wildman–Crippen LogP) is 7.74. The highest BCUT2D eigenvalue weighted by molar-refractivity contribution is 5.89. The summed E-state index contributed by atoms with van der Waals surface area (Å²) in [5.74, 6) is -0.932. The van der Waals surface area contributed by atoms with Crippen LogP contribution in [0, 0.1) is 0 Å². The average Bonchev–Trinajstić information content (AvgIpc) is 3.31. The Balaban J connectivity index is 1.41. The van der Waals surface area contributed by atoms with E-state index in [-0.39, 0.29) is 5.97 Å². The third kappa shape index (κ3) is 9.79. The molecule has 0 unspecified atom stereocenters. The molecule has 1 saturated heterocycles. The molecule has 5 nitrogen and oxygen atoms in total. The predicted molar refractivity (Wildman–Crippen MR) is 144 cm³/mol. The lowest BCUT2D eigenvalue weighted by atomic mass is 9.94. The highest BCUT2D eigenvalue weighted by Gasteiger charge is 2.46. The van der Waals surface area contributed by atoms with Crippen LogP contribution in [0.15, 0.2) is 30.3 Å². The molecule has 2 fully saturated rings. The number of carbonyl (C=O) groups is 1. The second-order valence-corrected chi connectivity index (χ2v) is 10.9. The molecule has 36 heavy (non-hydrogen) atoms. The van der Waals surface area contributed by atoms with Crippen LogP contribution in [0.1, 0.15) is 133 Å². The number of hydrogen-bond donors (Lipinski definition) is 1. The fourth-order valence-corrected chi connectivity index (χ4v) is 5.60. The second-order valence-electron chi connectivity index (χ2n) is 10.9. The van der Waals surface area contributed by atoms with Gasteiger partial charge < -0.3 is 19.3 Å². The molecule has 3 rings (SSSR count). The molecule has 0 amide bonds. The van der Waals surface area contributed by atoms with Crippen molar-refractivity contribution in [3.8, 4) is 0 Å². The molecule has 2 aliphatic rings. The Morgan fingerprint density at radius 3 is 2.11 bits per heavy atom. The summed E-state index contributed by atoms with van der Waals surface area (Å²) in [5.41, 5.74) is 0.511. The van der Waals surface area contributed by atoms with E-state index in [2.05, 4.69) is 6.92 Å². The minimum Gasteiger partial charge on any atom is -0.456 e. The molecule has 1 heterocycles. The van der Waals surface area contributed by atoms with Gasteiger partial charge in [0.2, 0.25) is 0 Å². The maximum absolute atomic E-state index is 12.8. The van der Waals surface area contributed by atoms with Crippen LogP contribution in [-0.4, -0.2) is 41.8 Å². The summed E-state index contributed by atoms with van der Waals surface area (Å²) in [6.07, 6.45) is 19.2. The lowest BCUT2D eigenvalue weighted by Gasteiger charge is -2.33. The molecular formula is C31H50O5. The maximum Gasteiger partial charge on any atom is 0.338 e. The van der Waals surface area contributed by atoms with Crippen LogP contribution in [0.3, 0.4) is 0 Å². The normalized spacial score (nSPS) is 20.9. The molecule has 3 atom stereocenters. The van der Waals surface area contributed by atoms with E-state index < -0.39 is 24.1 Å². The van der Waals surface area contributed by atoms with E-state index in [1.165, 1.54) is 70.6 Å². The third-order valence-corrected chi connectivity index (χ3v) is 7.86. The molecule has 1 aromatic carbocycles. The largest absolute Gasteiger partial charge is 0.456 e. The zero-order valence-electron chi connectivity index (χ0n) is 22.6. The van der Waals surface area contributed by atoms with E-state index in [9.17, 15) is 9.90 Å². The van der Waals surface area contributed by atoms with Gasteiger partial charge in [-0.3, -0.25) is 0 Å². The monoisotopic (exact) mass is 502 g/mol. The molecular weight excluding hydrogens is 452 g/mol. The van der Waals surface area contributed by atoms with Crippen molar-refractivity contribution in [2.75, 3.05) is 6.61 Å². The molecule has 1 aliphatic carbocycles. The van der Waals surface area contributed by atoms with Gasteiger partial charge in [-0.2, -0.15) is 0 Å². The third-order valence-electron chi connectivity index (χ3n) is 7.86. The topological polar surface area (TPSA) is 65.0 Å². The number of aliphatic hydroxyl groups is 1. The van der Waals surface area contributed by atoms with Crippen LogP contribution in [0.2, 0.25) is 0 Å². The number of ether oxygens (including phenoxy) is 3. The Bertz CT molecular complexity index is 715. The summed E-state index contributed by atoms with van der Waals surface area (Å²) in [5, 5.41) is 11.2. The van der Waals surface area contributed by atoms with Crippen molar-refractivity contribution in [1.82, 2.24) is 0 Å². The number of esters is 1. The lowest BCUT2D eigenvalue weighted by Crippen LogP contribution is -2.43. The SMILES string of the molecule is CCCCCCCCCCCCCC[C@H](OC(=O)c1ccccc1)[C@H](O)[C@H]1COC2(CCCCC2)O1. The second kappa shape index (κ2) is 16.4. The zero-order valence-corrected chi connectivity index (χ0v) is 22.6. The zero-order chi connectivity index (χ0) is 25.5. The first-order chi connectivity index (χ1) is 17.6. The molecule has 0 bridgehead atoms. The maximum atomic E-state index is 12.8. The van der Waals surface area contributed by atoms with Gasteiger partial charge in [0.15, 0.2) is 5.79 Å². The Morgan fingerprint density at radius 2 is 1.50 bits per heavy atom. The van der Waals surface area contributed by atoms with Crippen LogP contribution in [0.25, 0.3) is 0 Å². The number of aliphatic hydroxyl groups excluding tert-OH is 1. The quantitative estimate of drug-likeness (QED) is 0.174. The Morgan fingerprint density at radius 1 is 0.917 bits per heavy atom. The van der Waals surface area contributed by atoms with Crippen LogP contribution in [0.4, 0.5) is 0 Å². The fourth-order valence-electron chi connectivity index (χ4n) is 5.60. The van der Waals surface area contributed by atoms with E-state index in [1.54, 1.807) is 12.1 Å². The van der Waals surface area contributed by atoms with Gasteiger partial charge in [0.05, 0.1) is 12.2 Å². The number of rotatable bonds is 17. The van der Waals surface area contributed by atoms with Crippen molar-refractivity contribution >= 4 is 5.97 Å². The standard InChI is InChI=1S/C31H50O5/c1-2-3-4-5-6-7-8-9-10-11-12-17-22-27(35-30(33)26-20-15-13-16-21-26)29(32)28-25-34-31(36-28)23-18-14-19-24-31/h13,15-16,20-21,27-29,32H,2-12,14,17-19,22-25H2,1H3/t27-,28+,29-/m0/s1. The van der Waals surface area contributed by atoms with E-state index >= 15 is 0 Å². The van der Waals surface area contributed by atoms with Crippen molar-refractivity contribution in [1.29, 1.82) is 0 Å². The first kappa shape index (κ1) is 29.1. The van der Waals surface area contributed by atoms with Gasteiger partial charge in [0.25, 0.3) is 0 Å². The number of unbranched alkanes of at least 4 members (excludes halogenated alkanes) is 11. The summed E-state index contributed by atoms with van der Waals surface area (Å²) in [6, 6.07) is 9.04. The van der Waals surface area contributed by atoms with Gasteiger partial charge in [-0.15, -0.1) is 0 Å². The van der Waals surface area contributed by atoms with E-state index in [4.69, 9.17) is 14.2 Å². The smallest absolute Gasteiger partial charge is 0.338 e. The summed E-state index contributed by atoms with van der Waals surface area (Å²) >= 11 is 0. The Kier molecular flexibility index (Phi) is 13.3. The van der Waals surface area contributed by atoms with Gasteiger partial charge >= 0.3 is 5.97 Å². The minimum atomic E-state index is -0.883. The molecule has 204 valence electrons. The van der Waals surface area contributed by atoms with E-state index in [0.29, 0.717) is 18.6 Å². The fraction of sp³-hybridized carbons (Fsp3) is 0.774. The molecule has 1 aliphatic heterocycles. The van der Waals surface area contributed by atoms with Crippen LogP contribution in [0.5, 0.6) is 0 Å². The lowest BCUT2D eigenvalue weighted by molar-refractivity contribution is -0.201. The van der Waals surface area contributed by atoms with Crippen molar-refractivity contribution in [3.63, 3.8) is 0 Å². The highest BCUT2D eigenvalue weighted by atomic mass is 16.7. The van der Waals surface area contributed by atoms with Crippen molar-refractivity contribution in [2.24, 2.45) is 0 Å². The number of carbonyl (C=O) groups excluding carboxylic acids is 1. The molecule has 1 aromatic rings. The van der Waals surface area contributed by atoms with Crippen LogP contribution >= 0.6 is 0 Å². The average molecular weight is 503 g/mol. The summed E-state index contributed by atoms with van der Waals surface area (Å²) in [6.45, 7) is 2.62. The highest BCUT2D eigenvalue weighted by Crippen LogP contribution is 2.39. The summed E-state index contributed by atoms with van der Waals surface area (Å²) in [4.78, 5) is 12.8. The van der Waals surface area contributed by atoms with Crippen molar-refractivity contribution < 1.29 is 24.1 Å². The number of benzene rings is 1. The van der Waals surface area contributed by atoms with Crippen molar-refractivity contribution in [3.05, 3.63) is 35.9 Å². The minimum absolute atomic E-state index is 0.360. The first-order valence-corrected chi connectivity index (χ1v) is 14.9. The van der Waals surface area contributed by atoms with E-state index in [0.717, 1.165) is 38.5 Å². The molecule has 0 radical (unpaired) electrons. The van der Waals surface area contributed by atoms with Gasteiger partial charge in [-0.25, -0.2) is 4.79 Å². The number of hydrogen-bond acceptors (Lipinski definition) is 5. The Hall–Kier alpha value is -1.43. The van der Waals surface area contributed by atoms with Crippen LogP contribution in [-0.2, 0) is 14.2 Å². The molecule has 5 heteroatoms. The van der Waals surface area contributed by atoms with Gasteiger partial charge in [-0.05, 0) is 37.8 Å². The van der Waals surface area contributed by atoms with Gasteiger partial charge in [-0.1, -0.05) is 102 Å². The molecule has 0 aromatic heterocycles.